The maximum Gasteiger partial charge on any atom is 0.336 e. The molecule has 1 amide bonds. The van der Waals surface area contributed by atoms with Crippen molar-refractivity contribution in [1.29, 1.82) is 0 Å². The van der Waals surface area contributed by atoms with E-state index >= 15 is 0 Å². The molecule has 15 heavy (non-hydrogen) atoms. The molecular formula is C9H14N4O2. The van der Waals surface area contributed by atoms with Gasteiger partial charge >= 0.3 is 6.01 Å². The summed E-state index contributed by atoms with van der Waals surface area (Å²) in [4.78, 5) is 15.6. The fourth-order valence-electron chi connectivity index (χ4n) is 1.80. The third-order valence-electron chi connectivity index (χ3n) is 2.62. The quantitative estimate of drug-likeness (QED) is 0.778. The molecule has 2 rings (SSSR count). The van der Waals surface area contributed by atoms with Gasteiger partial charge in [0.2, 0.25) is 11.9 Å². The number of hydrogen-bond acceptors (Lipinski definition) is 4. The highest BCUT2D eigenvalue weighted by Crippen LogP contribution is 2.25. The number of methoxy groups -OCH3 is 1. The second-order valence-electron chi connectivity index (χ2n) is 3.64. The molecule has 1 aromatic rings. The maximum absolute atomic E-state index is 11.7. The van der Waals surface area contributed by atoms with Crippen molar-refractivity contribution in [3.05, 3.63) is 0 Å². The van der Waals surface area contributed by atoms with E-state index in [4.69, 9.17) is 4.74 Å². The molecule has 0 aromatic carbocycles. The molecule has 2 N–H and O–H groups in total. The zero-order valence-electron chi connectivity index (χ0n) is 8.62. The first-order chi connectivity index (χ1) is 7.29. The summed E-state index contributed by atoms with van der Waals surface area (Å²) in [6.45, 7) is 0. The smallest absolute Gasteiger partial charge is 0.336 e. The number of carbonyl (C=O) groups is 1. The second-order valence-corrected chi connectivity index (χ2v) is 3.64. The van der Waals surface area contributed by atoms with E-state index in [1.54, 1.807) is 0 Å². The van der Waals surface area contributed by atoms with Crippen molar-refractivity contribution in [3.8, 4) is 6.01 Å². The Morgan fingerprint density at radius 3 is 2.87 bits per heavy atom. The predicted molar refractivity (Wildman–Crippen MR) is 53.5 cm³/mol. The Kier molecular flexibility index (Phi) is 2.84. The van der Waals surface area contributed by atoms with Crippen LogP contribution >= 0.6 is 0 Å². The lowest BCUT2D eigenvalue weighted by atomic mass is 10.1. The Morgan fingerprint density at radius 1 is 1.53 bits per heavy atom. The highest BCUT2D eigenvalue weighted by molar-refractivity contribution is 5.91. The van der Waals surface area contributed by atoms with Gasteiger partial charge in [0.05, 0.1) is 7.11 Å². The molecule has 1 aromatic heterocycles. The number of H-pyrrole nitrogens is 1. The number of nitrogens with one attached hydrogen (secondary N) is 2. The molecule has 82 valence electrons. The summed E-state index contributed by atoms with van der Waals surface area (Å²) in [5, 5.41) is 9.02. The average Bonchev–Trinajstić information content (AvgIpc) is 2.87. The van der Waals surface area contributed by atoms with Gasteiger partial charge in [0, 0.05) is 5.92 Å². The highest BCUT2D eigenvalue weighted by Gasteiger charge is 2.23. The van der Waals surface area contributed by atoms with Crippen molar-refractivity contribution in [2.45, 2.75) is 25.7 Å². The van der Waals surface area contributed by atoms with E-state index in [0.29, 0.717) is 5.95 Å². The monoisotopic (exact) mass is 210 g/mol. The van der Waals surface area contributed by atoms with Crippen LogP contribution < -0.4 is 10.1 Å². The van der Waals surface area contributed by atoms with E-state index in [9.17, 15) is 4.79 Å². The Morgan fingerprint density at radius 2 is 2.27 bits per heavy atom. The summed E-state index contributed by atoms with van der Waals surface area (Å²) >= 11 is 0. The Bertz CT molecular complexity index is 344. The number of rotatable bonds is 3. The number of amides is 1. The third-order valence-corrected chi connectivity index (χ3v) is 2.62. The van der Waals surface area contributed by atoms with Gasteiger partial charge in [-0.3, -0.25) is 10.1 Å². The Balaban J connectivity index is 1.92. The first-order valence-electron chi connectivity index (χ1n) is 5.07. The fraction of sp³-hybridized carbons (Fsp3) is 0.667. The van der Waals surface area contributed by atoms with Gasteiger partial charge in [0.1, 0.15) is 0 Å². The molecule has 0 bridgehead atoms. The Labute approximate surface area is 87.4 Å². The van der Waals surface area contributed by atoms with Crippen molar-refractivity contribution in [2.75, 3.05) is 12.4 Å². The van der Waals surface area contributed by atoms with E-state index in [1.807, 2.05) is 0 Å². The molecule has 0 saturated heterocycles. The molecule has 1 aliphatic carbocycles. The van der Waals surface area contributed by atoms with E-state index < -0.39 is 0 Å². The first kappa shape index (κ1) is 9.95. The summed E-state index contributed by atoms with van der Waals surface area (Å²) < 4.78 is 4.80. The number of carbonyl (C=O) groups excluding carboxylic acids is 1. The molecule has 0 aliphatic heterocycles. The number of aromatic amines is 1. The molecule has 6 nitrogen and oxygen atoms in total. The van der Waals surface area contributed by atoms with Crippen LogP contribution in [0.2, 0.25) is 0 Å². The first-order valence-corrected chi connectivity index (χ1v) is 5.07. The third kappa shape index (κ3) is 2.26. The van der Waals surface area contributed by atoms with Gasteiger partial charge in [-0.2, -0.15) is 4.98 Å². The van der Waals surface area contributed by atoms with Gasteiger partial charge in [-0.25, -0.2) is 5.10 Å². The highest BCUT2D eigenvalue weighted by atomic mass is 16.5. The molecule has 1 saturated carbocycles. The van der Waals surface area contributed by atoms with Crippen molar-refractivity contribution in [2.24, 2.45) is 5.92 Å². The van der Waals surface area contributed by atoms with Gasteiger partial charge in [0.15, 0.2) is 0 Å². The summed E-state index contributed by atoms with van der Waals surface area (Å²) in [6.07, 6.45) is 4.21. The van der Waals surface area contributed by atoms with Crippen LogP contribution in [0.5, 0.6) is 6.01 Å². The van der Waals surface area contributed by atoms with Gasteiger partial charge < -0.3 is 4.74 Å². The van der Waals surface area contributed by atoms with Gasteiger partial charge in [-0.05, 0) is 12.8 Å². The fourth-order valence-corrected chi connectivity index (χ4v) is 1.80. The number of ether oxygens (including phenoxy) is 1. The number of aromatic nitrogens is 3. The molecule has 0 spiro atoms. The number of anilines is 1. The molecule has 0 radical (unpaired) electrons. The van der Waals surface area contributed by atoms with Crippen LogP contribution in [0.4, 0.5) is 5.95 Å². The SMILES string of the molecule is COc1n[nH]c(NC(=O)C2CCCC2)n1. The van der Waals surface area contributed by atoms with Crippen molar-refractivity contribution >= 4 is 11.9 Å². The summed E-state index contributed by atoms with van der Waals surface area (Å²) in [6, 6.07) is 0.233. The van der Waals surface area contributed by atoms with Crippen LogP contribution in [-0.2, 0) is 4.79 Å². The van der Waals surface area contributed by atoms with Gasteiger partial charge in [-0.15, -0.1) is 5.10 Å². The van der Waals surface area contributed by atoms with Crippen molar-refractivity contribution < 1.29 is 9.53 Å². The van der Waals surface area contributed by atoms with E-state index in [2.05, 4.69) is 20.5 Å². The van der Waals surface area contributed by atoms with Gasteiger partial charge in [-0.1, -0.05) is 12.8 Å². The van der Waals surface area contributed by atoms with E-state index in [1.165, 1.54) is 7.11 Å². The second kappa shape index (κ2) is 4.29. The standard InChI is InChI=1S/C9H14N4O2/c1-15-9-11-8(12-13-9)10-7(14)6-4-2-3-5-6/h6H,2-5H2,1H3,(H2,10,11,12,13,14). The van der Waals surface area contributed by atoms with Crippen LogP contribution in [0.25, 0.3) is 0 Å². The molecule has 1 fully saturated rings. The molecular weight excluding hydrogens is 196 g/mol. The average molecular weight is 210 g/mol. The minimum Gasteiger partial charge on any atom is -0.466 e. The topological polar surface area (TPSA) is 79.9 Å². The number of hydrogen-bond donors (Lipinski definition) is 2. The van der Waals surface area contributed by atoms with E-state index in [0.717, 1.165) is 25.7 Å². The zero-order chi connectivity index (χ0) is 10.7. The van der Waals surface area contributed by atoms with Crippen LogP contribution in [0, 0.1) is 5.92 Å². The lowest BCUT2D eigenvalue weighted by Crippen LogP contribution is -2.20. The predicted octanol–water partition coefficient (Wildman–Crippen LogP) is 0.942. The maximum atomic E-state index is 11.7. The minimum atomic E-state index is 0.0197. The normalized spacial score (nSPS) is 16.6. The molecule has 1 aliphatic rings. The van der Waals surface area contributed by atoms with Crippen molar-refractivity contribution in [1.82, 2.24) is 15.2 Å². The van der Waals surface area contributed by atoms with Crippen LogP contribution in [0.3, 0.4) is 0 Å². The summed E-state index contributed by atoms with van der Waals surface area (Å²) in [7, 11) is 1.48. The largest absolute Gasteiger partial charge is 0.466 e. The van der Waals surface area contributed by atoms with Gasteiger partial charge in [0.25, 0.3) is 0 Å². The zero-order valence-corrected chi connectivity index (χ0v) is 8.62. The number of nitrogens with zero attached hydrogens (tertiary/aromatic N) is 2. The van der Waals surface area contributed by atoms with Crippen LogP contribution in [0.1, 0.15) is 25.7 Å². The molecule has 1 heterocycles. The van der Waals surface area contributed by atoms with E-state index in [-0.39, 0.29) is 17.8 Å². The summed E-state index contributed by atoms with van der Waals surface area (Å²) in [5.41, 5.74) is 0. The molecule has 6 heteroatoms. The summed E-state index contributed by atoms with van der Waals surface area (Å²) in [5.74, 6) is 0.496. The van der Waals surface area contributed by atoms with Crippen LogP contribution in [0.15, 0.2) is 0 Å². The lowest BCUT2D eigenvalue weighted by Gasteiger charge is -2.06. The Hall–Kier alpha value is -1.59. The molecule has 0 unspecified atom stereocenters. The lowest BCUT2D eigenvalue weighted by molar-refractivity contribution is -0.119. The molecule has 0 atom stereocenters. The van der Waals surface area contributed by atoms with Crippen LogP contribution in [-0.4, -0.2) is 28.2 Å². The van der Waals surface area contributed by atoms with Crippen molar-refractivity contribution in [3.63, 3.8) is 0 Å². The minimum absolute atomic E-state index is 0.0197.